The van der Waals surface area contributed by atoms with E-state index in [2.05, 4.69) is 26.2 Å². The van der Waals surface area contributed by atoms with Gasteiger partial charge in [-0.2, -0.15) is 0 Å². The SMILES string of the molecule is O=C(O)C[C@@H]1SC(=Nc2ccc(Br)cc2)NC1=O. The van der Waals surface area contributed by atoms with Crippen LogP contribution in [0.5, 0.6) is 0 Å². The number of carbonyl (C=O) groups excluding carboxylic acids is 1. The number of hydrogen-bond donors (Lipinski definition) is 2. The molecule has 7 heteroatoms. The lowest BCUT2D eigenvalue weighted by Crippen LogP contribution is -2.26. The molecule has 0 spiro atoms. The Labute approximate surface area is 116 Å². The van der Waals surface area contributed by atoms with Crippen molar-refractivity contribution in [3.8, 4) is 0 Å². The van der Waals surface area contributed by atoms with Crippen LogP contribution in [0.4, 0.5) is 5.69 Å². The van der Waals surface area contributed by atoms with E-state index in [1.807, 2.05) is 12.1 Å². The predicted molar refractivity (Wildman–Crippen MR) is 73.0 cm³/mol. The Kier molecular flexibility index (Phi) is 4.03. The minimum atomic E-state index is -0.993. The van der Waals surface area contributed by atoms with Gasteiger partial charge in [-0.1, -0.05) is 27.7 Å². The summed E-state index contributed by atoms with van der Waals surface area (Å²) in [4.78, 5) is 26.3. The van der Waals surface area contributed by atoms with Crippen LogP contribution in [0.1, 0.15) is 6.42 Å². The molecule has 18 heavy (non-hydrogen) atoms. The number of benzene rings is 1. The second-order valence-electron chi connectivity index (χ2n) is 3.59. The standard InChI is InChI=1S/C11H9BrN2O3S/c12-6-1-3-7(4-2-6)13-11-14-10(17)8(18-11)5-9(15)16/h1-4,8H,5H2,(H,15,16)(H,13,14,17)/t8-/m0/s1. The lowest BCUT2D eigenvalue weighted by atomic mass is 10.3. The van der Waals surface area contributed by atoms with Crippen molar-refractivity contribution in [2.45, 2.75) is 11.7 Å². The molecule has 1 aromatic carbocycles. The van der Waals surface area contributed by atoms with Gasteiger partial charge in [0.2, 0.25) is 5.91 Å². The first-order valence-electron chi connectivity index (χ1n) is 5.08. The Hall–Kier alpha value is -1.34. The van der Waals surface area contributed by atoms with E-state index in [0.29, 0.717) is 10.9 Å². The number of amidine groups is 1. The van der Waals surface area contributed by atoms with Crippen molar-refractivity contribution in [3.63, 3.8) is 0 Å². The number of nitrogens with one attached hydrogen (secondary N) is 1. The van der Waals surface area contributed by atoms with E-state index in [-0.39, 0.29) is 12.3 Å². The fourth-order valence-corrected chi connectivity index (χ4v) is 2.63. The molecule has 2 N–H and O–H groups in total. The molecule has 5 nitrogen and oxygen atoms in total. The maximum Gasteiger partial charge on any atom is 0.305 e. The van der Waals surface area contributed by atoms with Gasteiger partial charge >= 0.3 is 5.97 Å². The van der Waals surface area contributed by atoms with Crippen LogP contribution in [-0.2, 0) is 9.59 Å². The molecule has 0 aromatic heterocycles. The van der Waals surface area contributed by atoms with Crippen molar-refractivity contribution in [2.75, 3.05) is 0 Å². The van der Waals surface area contributed by atoms with Gasteiger partial charge in [0.15, 0.2) is 5.17 Å². The maximum atomic E-state index is 11.5. The molecular formula is C11H9BrN2O3S. The first-order valence-corrected chi connectivity index (χ1v) is 6.75. The minimum absolute atomic E-state index is 0.199. The second-order valence-corrected chi connectivity index (χ2v) is 5.69. The van der Waals surface area contributed by atoms with Crippen molar-refractivity contribution >= 4 is 50.4 Å². The van der Waals surface area contributed by atoms with Crippen LogP contribution in [0.15, 0.2) is 33.7 Å². The molecule has 1 aliphatic heterocycles. The lowest BCUT2D eigenvalue weighted by molar-refractivity contribution is -0.138. The topological polar surface area (TPSA) is 78.8 Å². The fraction of sp³-hybridized carbons (Fsp3) is 0.182. The monoisotopic (exact) mass is 328 g/mol. The number of carboxylic acid groups (broad SMARTS) is 1. The van der Waals surface area contributed by atoms with Gasteiger partial charge in [0.1, 0.15) is 5.25 Å². The van der Waals surface area contributed by atoms with Gasteiger partial charge in [-0.3, -0.25) is 9.59 Å². The summed E-state index contributed by atoms with van der Waals surface area (Å²) in [6, 6.07) is 7.29. The van der Waals surface area contributed by atoms with Crippen molar-refractivity contribution < 1.29 is 14.7 Å². The van der Waals surface area contributed by atoms with Crippen LogP contribution >= 0.6 is 27.7 Å². The van der Waals surface area contributed by atoms with E-state index >= 15 is 0 Å². The first kappa shape index (κ1) is 13.1. The van der Waals surface area contributed by atoms with Crippen molar-refractivity contribution in [1.82, 2.24) is 5.32 Å². The lowest BCUT2D eigenvalue weighted by Gasteiger charge is -1.98. The van der Waals surface area contributed by atoms with Gasteiger partial charge in [-0.15, -0.1) is 0 Å². The fourth-order valence-electron chi connectivity index (χ4n) is 1.38. The largest absolute Gasteiger partial charge is 0.481 e. The third kappa shape index (κ3) is 3.33. The van der Waals surface area contributed by atoms with Crippen molar-refractivity contribution in [2.24, 2.45) is 4.99 Å². The van der Waals surface area contributed by atoms with Crippen molar-refractivity contribution in [1.29, 1.82) is 0 Å². The molecule has 1 aromatic rings. The normalized spacial score (nSPS) is 21.1. The number of hydrogen-bond acceptors (Lipinski definition) is 4. The van der Waals surface area contributed by atoms with Gasteiger partial charge in [0.25, 0.3) is 0 Å². The van der Waals surface area contributed by atoms with E-state index in [1.165, 1.54) is 0 Å². The molecule has 1 atom stereocenters. The molecule has 1 saturated heterocycles. The zero-order valence-electron chi connectivity index (χ0n) is 9.09. The van der Waals surface area contributed by atoms with Gasteiger partial charge < -0.3 is 10.4 Å². The molecule has 1 amide bonds. The highest BCUT2D eigenvalue weighted by Crippen LogP contribution is 2.25. The highest BCUT2D eigenvalue weighted by Gasteiger charge is 2.31. The molecule has 1 heterocycles. The van der Waals surface area contributed by atoms with Gasteiger partial charge in [0.05, 0.1) is 12.1 Å². The molecule has 2 rings (SSSR count). The molecule has 1 fully saturated rings. The summed E-state index contributed by atoms with van der Waals surface area (Å²) >= 11 is 4.46. The van der Waals surface area contributed by atoms with Crippen LogP contribution in [0, 0.1) is 0 Å². The summed E-state index contributed by atoms with van der Waals surface area (Å²) in [7, 11) is 0. The van der Waals surface area contributed by atoms with Crippen LogP contribution < -0.4 is 5.32 Å². The number of thioether (sulfide) groups is 1. The molecule has 0 unspecified atom stereocenters. The molecule has 0 radical (unpaired) electrons. The van der Waals surface area contributed by atoms with Gasteiger partial charge in [-0.25, -0.2) is 4.99 Å². The van der Waals surface area contributed by atoms with E-state index in [1.54, 1.807) is 12.1 Å². The summed E-state index contributed by atoms with van der Waals surface area (Å²) in [6.07, 6.45) is -0.199. The molecule has 0 bridgehead atoms. The number of halogens is 1. The van der Waals surface area contributed by atoms with Crippen molar-refractivity contribution in [3.05, 3.63) is 28.7 Å². The Bertz CT molecular complexity index is 516. The Morgan fingerprint density at radius 1 is 1.44 bits per heavy atom. The molecule has 0 saturated carbocycles. The quantitative estimate of drug-likeness (QED) is 0.891. The number of nitrogens with zero attached hydrogens (tertiary/aromatic N) is 1. The predicted octanol–water partition coefficient (Wildman–Crippen LogP) is 2.14. The van der Waals surface area contributed by atoms with Crippen LogP contribution in [-0.4, -0.2) is 27.4 Å². The summed E-state index contributed by atoms with van der Waals surface area (Å²) in [6.45, 7) is 0. The number of aliphatic imine (C=N–C) groups is 1. The van der Waals surface area contributed by atoms with Gasteiger partial charge in [-0.05, 0) is 24.3 Å². The summed E-state index contributed by atoms with van der Waals surface area (Å²) < 4.78 is 0.943. The second kappa shape index (κ2) is 5.53. The molecule has 1 aliphatic rings. The zero-order valence-corrected chi connectivity index (χ0v) is 11.5. The number of aliphatic carboxylic acids is 1. The van der Waals surface area contributed by atoms with Crippen LogP contribution in [0.25, 0.3) is 0 Å². The Balaban J connectivity index is 2.09. The summed E-state index contributed by atoms with van der Waals surface area (Å²) in [5.74, 6) is -1.30. The third-order valence-corrected chi connectivity index (χ3v) is 3.80. The number of amides is 1. The van der Waals surface area contributed by atoms with Crippen LogP contribution in [0.3, 0.4) is 0 Å². The molecule has 94 valence electrons. The Morgan fingerprint density at radius 3 is 2.72 bits per heavy atom. The van der Waals surface area contributed by atoms with E-state index in [4.69, 9.17) is 5.11 Å². The highest BCUT2D eigenvalue weighted by atomic mass is 79.9. The smallest absolute Gasteiger partial charge is 0.305 e. The molecular weight excluding hydrogens is 320 g/mol. The zero-order chi connectivity index (χ0) is 13.1. The Morgan fingerprint density at radius 2 is 2.11 bits per heavy atom. The summed E-state index contributed by atoms with van der Waals surface area (Å²) in [5, 5.41) is 11.1. The average molecular weight is 329 g/mol. The minimum Gasteiger partial charge on any atom is -0.481 e. The number of carbonyl (C=O) groups is 2. The highest BCUT2D eigenvalue weighted by molar-refractivity contribution is 9.10. The number of rotatable bonds is 3. The van der Waals surface area contributed by atoms with E-state index in [0.717, 1.165) is 16.2 Å². The third-order valence-electron chi connectivity index (χ3n) is 2.19. The van der Waals surface area contributed by atoms with Crippen LogP contribution in [0.2, 0.25) is 0 Å². The molecule has 0 aliphatic carbocycles. The maximum absolute atomic E-state index is 11.5. The average Bonchev–Trinajstić information content (AvgIpc) is 2.62. The van der Waals surface area contributed by atoms with E-state index < -0.39 is 11.2 Å². The summed E-state index contributed by atoms with van der Waals surface area (Å²) in [5.41, 5.74) is 0.706. The van der Waals surface area contributed by atoms with Gasteiger partial charge in [0, 0.05) is 4.47 Å². The first-order chi connectivity index (χ1) is 8.54. The van der Waals surface area contributed by atoms with E-state index in [9.17, 15) is 9.59 Å². The number of carboxylic acids is 1.